The second-order valence-electron chi connectivity index (χ2n) is 6.71. The number of para-hydroxylation sites is 3. The second-order valence-corrected chi connectivity index (χ2v) is 8.78. The van der Waals surface area contributed by atoms with Crippen molar-refractivity contribution in [3.05, 3.63) is 84.4 Å². The Morgan fingerprint density at radius 3 is 2.38 bits per heavy atom. The number of imidazole rings is 1. The number of H-pyrrole nitrogens is 1. The normalized spacial score (nSPS) is 11.4. The highest BCUT2D eigenvalue weighted by atomic mass is 32.2. The molecule has 0 unspecified atom stereocenters. The molecule has 1 aromatic heterocycles. The minimum absolute atomic E-state index is 0.174. The summed E-state index contributed by atoms with van der Waals surface area (Å²) in [7, 11) is -3.59. The average molecular weight is 405 g/mol. The van der Waals surface area contributed by atoms with Gasteiger partial charge in [-0.3, -0.25) is 4.79 Å². The topological polar surface area (TPSA) is 91.9 Å². The molecule has 6 nitrogen and oxygen atoms in total. The first-order valence-corrected chi connectivity index (χ1v) is 10.9. The Kier molecular flexibility index (Phi) is 5.14. The van der Waals surface area contributed by atoms with Crippen molar-refractivity contribution in [1.29, 1.82) is 0 Å². The molecule has 0 bridgehead atoms. The Morgan fingerprint density at radius 1 is 0.897 bits per heavy atom. The standard InChI is InChI=1S/C22H19N3O3S/c26-21(15-29(27,28)14-16-8-2-1-3-9-16)23-18-11-5-4-10-17(18)22-24-19-12-6-7-13-20(19)25-22/h1-13H,14-15H2,(H,23,26)(H,24,25). The minimum atomic E-state index is -3.59. The van der Waals surface area contributed by atoms with Crippen LogP contribution in [0.3, 0.4) is 0 Å². The molecule has 1 amide bonds. The molecule has 0 atom stereocenters. The van der Waals surface area contributed by atoms with E-state index in [2.05, 4.69) is 15.3 Å². The number of rotatable bonds is 6. The minimum Gasteiger partial charge on any atom is -0.338 e. The van der Waals surface area contributed by atoms with E-state index in [1.165, 1.54) is 0 Å². The van der Waals surface area contributed by atoms with Crippen molar-refractivity contribution in [2.45, 2.75) is 5.75 Å². The molecule has 0 spiro atoms. The molecule has 29 heavy (non-hydrogen) atoms. The third-order valence-corrected chi connectivity index (χ3v) is 5.90. The van der Waals surface area contributed by atoms with Crippen molar-refractivity contribution in [3.8, 4) is 11.4 Å². The summed E-state index contributed by atoms with van der Waals surface area (Å²) in [5.41, 5.74) is 3.55. The Morgan fingerprint density at radius 2 is 1.59 bits per heavy atom. The van der Waals surface area contributed by atoms with Crippen LogP contribution in [0.1, 0.15) is 5.56 Å². The summed E-state index contributed by atoms with van der Waals surface area (Å²) in [6.45, 7) is 0. The van der Waals surface area contributed by atoms with E-state index in [0.29, 0.717) is 22.6 Å². The summed E-state index contributed by atoms with van der Waals surface area (Å²) in [5, 5.41) is 2.72. The van der Waals surface area contributed by atoms with Crippen LogP contribution in [-0.2, 0) is 20.4 Å². The summed E-state index contributed by atoms with van der Waals surface area (Å²) in [4.78, 5) is 20.2. The van der Waals surface area contributed by atoms with Crippen LogP contribution in [0.2, 0.25) is 0 Å². The number of benzene rings is 3. The number of nitrogens with one attached hydrogen (secondary N) is 2. The molecule has 0 aliphatic rings. The summed E-state index contributed by atoms with van der Waals surface area (Å²) in [6, 6.07) is 23.6. The molecule has 1 heterocycles. The lowest BCUT2D eigenvalue weighted by Gasteiger charge is -2.10. The lowest BCUT2D eigenvalue weighted by atomic mass is 10.1. The number of sulfone groups is 1. The zero-order valence-electron chi connectivity index (χ0n) is 15.5. The average Bonchev–Trinajstić information content (AvgIpc) is 3.12. The van der Waals surface area contributed by atoms with Crippen LogP contribution < -0.4 is 5.32 Å². The van der Waals surface area contributed by atoms with Crippen LogP contribution in [0.4, 0.5) is 5.69 Å². The molecule has 4 rings (SSSR count). The maximum atomic E-state index is 12.5. The molecule has 0 saturated heterocycles. The van der Waals surface area contributed by atoms with Gasteiger partial charge in [0.05, 0.1) is 22.5 Å². The van der Waals surface area contributed by atoms with Gasteiger partial charge in [0.15, 0.2) is 9.84 Å². The number of anilines is 1. The van der Waals surface area contributed by atoms with Gasteiger partial charge in [0, 0.05) is 5.56 Å². The van der Waals surface area contributed by atoms with Crippen LogP contribution >= 0.6 is 0 Å². The molecule has 3 aromatic carbocycles. The van der Waals surface area contributed by atoms with E-state index in [4.69, 9.17) is 0 Å². The number of carbonyl (C=O) groups excluding carboxylic acids is 1. The third kappa shape index (κ3) is 4.52. The van der Waals surface area contributed by atoms with E-state index in [-0.39, 0.29) is 5.75 Å². The van der Waals surface area contributed by atoms with Gasteiger partial charge < -0.3 is 10.3 Å². The zero-order chi connectivity index (χ0) is 20.3. The smallest absolute Gasteiger partial charge is 0.239 e. The van der Waals surface area contributed by atoms with E-state index in [1.54, 1.807) is 36.4 Å². The van der Waals surface area contributed by atoms with Gasteiger partial charge in [-0.2, -0.15) is 0 Å². The van der Waals surface area contributed by atoms with Gasteiger partial charge in [0.1, 0.15) is 11.6 Å². The monoisotopic (exact) mass is 405 g/mol. The van der Waals surface area contributed by atoms with Crippen molar-refractivity contribution in [1.82, 2.24) is 9.97 Å². The quantitative estimate of drug-likeness (QED) is 0.511. The van der Waals surface area contributed by atoms with Crippen LogP contribution in [0, 0.1) is 0 Å². The molecule has 146 valence electrons. The van der Waals surface area contributed by atoms with Crippen molar-refractivity contribution >= 4 is 32.5 Å². The molecule has 0 radical (unpaired) electrons. The van der Waals surface area contributed by atoms with Gasteiger partial charge in [-0.1, -0.05) is 54.6 Å². The fraction of sp³-hybridized carbons (Fsp3) is 0.0909. The molecule has 0 fully saturated rings. The van der Waals surface area contributed by atoms with Crippen molar-refractivity contribution in [3.63, 3.8) is 0 Å². The zero-order valence-corrected chi connectivity index (χ0v) is 16.3. The van der Waals surface area contributed by atoms with E-state index < -0.39 is 21.5 Å². The van der Waals surface area contributed by atoms with Crippen molar-refractivity contribution < 1.29 is 13.2 Å². The van der Waals surface area contributed by atoms with E-state index in [1.807, 2.05) is 42.5 Å². The molecule has 2 N–H and O–H groups in total. The maximum absolute atomic E-state index is 12.5. The van der Waals surface area contributed by atoms with E-state index in [0.717, 1.165) is 11.0 Å². The molecule has 0 aliphatic carbocycles. The number of fused-ring (bicyclic) bond motifs is 1. The number of aromatic nitrogens is 2. The van der Waals surface area contributed by atoms with Crippen molar-refractivity contribution in [2.24, 2.45) is 0 Å². The van der Waals surface area contributed by atoms with Crippen LogP contribution in [0.15, 0.2) is 78.9 Å². The summed E-state index contributed by atoms with van der Waals surface area (Å²) in [6.07, 6.45) is 0. The van der Waals surface area contributed by atoms with Gasteiger partial charge in [0.2, 0.25) is 5.91 Å². The number of hydrogen-bond acceptors (Lipinski definition) is 4. The second kappa shape index (κ2) is 7.89. The van der Waals surface area contributed by atoms with E-state index >= 15 is 0 Å². The number of hydrogen-bond donors (Lipinski definition) is 2. The van der Waals surface area contributed by atoms with Gasteiger partial charge >= 0.3 is 0 Å². The Balaban J connectivity index is 1.53. The van der Waals surface area contributed by atoms with Gasteiger partial charge in [0.25, 0.3) is 0 Å². The lowest BCUT2D eigenvalue weighted by Crippen LogP contribution is -2.24. The molecular weight excluding hydrogens is 386 g/mol. The number of nitrogens with zero attached hydrogens (tertiary/aromatic N) is 1. The summed E-state index contributed by atoms with van der Waals surface area (Å²) < 4.78 is 24.8. The predicted molar refractivity (Wildman–Crippen MR) is 114 cm³/mol. The van der Waals surface area contributed by atoms with Gasteiger partial charge in [-0.15, -0.1) is 0 Å². The molecule has 0 saturated carbocycles. The molecule has 7 heteroatoms. The number of carbonyl (C=O) groups is 1. The highest BCUT2D eigenvalue weighted by molar-refractivity contribution is 7.91. The fourth-order valence-corrected chi connectivity index (χ4v) is 4.42. The first kappa shape index (κ1) is 18.9. The molecule has 0 aliphatic heterocycles. The number of amides is 1. The predicted octanol–water partition coefficient (Wildman–Crippen LogP) is 3.78. The van der Waals surface area contributed by atoms with Crippen LogP contribution in [0.25, 0.3) is 22.4 Å². The van der Waals surface area contributed by atoms with Gasteiger partial charge in [-0.05, 0) is 29.8 Å². The van der Waals surface area contributed by atoms with Gasteiger partial charge in [-0.25, -0.2) is 13.4 Å². The molecule has 4 aromatic rings. The third-order valence-electron chi connectivity index (χ3n) is 4.43. The van der Waals surface area contributed by atoms with Crippen molar-refractivity contribution in [2.75, 3.05) is 11.1 Å². The Hall–Kier alpha value is -3.45. The Labute approximate surface area is 168 Å². The number of aromatic amines is 1. The first-order chi connectivity index (χ1) is 14.0. The lowest BCUT2D eigenvalue weighted by molar-refractivity contribution is -0.113. The summed E-state index contributed by atoms with van der Waals surface area (Å²) in [5.74, 6) is -0.734. The largest absolute Gasteiger partial charge is 0.338 e. The Bertz CT molecular complexity index is 1230. The first-order valence-electron chi connectivity index (χ1n) is 9.08. The van der Waals surface area contributed by atoms with E-state index in [9.17, 15) is 13.2 Å². The summed E-state index contributed by atoms with van der Waals surface area (Å²) >= 11 is 0. The maximum Gasteiger partial charge on any atom is 0.239 e. The fourth-order valence-electron chi connectivity index (χ4n) is 3.14. The SMILES string of the molecule is O=C(CS(=O)(=O)Cc1ccccc1)Nc1ccccc1-c1nc2ccccc2[nH]1. The molecular formula is C22H19N3O3S. The van der Waals surface area contributed by atoms with Crippen LogP contribution in [-0.4, -0.2) is 30.0 Å². The highest BCUT2D eigenvalue weighted by Crippen LogP contribution is 2.27. The van der Waals surface area contributed by atoms with Crippen LogP contribution in [0.5, 0.6) is 0 Å². The highest BCUT2D eigenvalue weighted by Gasteiger charge is 2.19.